The van der Waals surface area contributed by atoms with Crippen LogP contribution >= 0.6 is 0 Å². The summed E-state index contributed by atoms with van der Waals surface area (Å²) in [7, 11) is 0. The Labute approximate surface area is 122 Å². The Morgan fingerprint density at radius 1 is 1.15 bits per heavy atom. The fraction of sp³-hybridized carbons (Fsp3) is 0.750. The third-order valence-corrected chi connectivity index (χ3v) is 4.22. The molecule has 20 heavy (non-hydrogen) atoms. The van der Waals surface area contributed by atoms with Crippen LogP contribution in [0, 0.1) is 6.92 Å². The smallest absolute Gasteiger partial charge is 0.137 e. The number of hydrogen-bond donors (Lipinski definition) is 1. The summed E-state index contributed by atoms with van der Waals surface area (Å²) in [5, 5.41) is 3.49. The highest BCUT2D eigenvalue weighted by atomic mass is 15.2. The van der Waals surface area contributed by atoms with Crippen LogP contribution in [0.2, 0.25) is 0 Å². The number of aromatic nitrogens is 2. The van der Waals surface area contributed by atoms with Gasteiger partial charge in [-0.05, 0) is 46.0 Å². The van der Waals surface area contributed by atoms with Gasteiger partial charge in [0.05, 0.1) is 0 Å². The van der Waals surface area contributed by atoms with E-state index in [1.165, 1.54) is 37.1 Å². The summed E-state index contributed by atoms with van der Waals surface area (Å²) < 4.78 is 0. The van der Waals surface area contributed by atoms with Crippen LogP contribution in [0.5, 0.6) is 0 Å². The summed E-state index contributed by atoms with van der Waals surface area (Å²) in [5.41, 5.74) is 1.22. The normalized spacial score (nSPS) is 18.1. The largest absolute Gasteiger partial charge is 0.370 e. The predicted molar refractivity (Wildman–Crippen MR) is 83.6 cm³/mol. The first-order chi connectivity index (χ1) is 9.74. The summed E-state index contributed by atoms with van der Waals surface area (Å²) in [5.74, 6) is 3.89. The van der Waals surface area contributed by atoms with E-state index in [1.807, 2.05) is 0 Å². The summed E-state index contributed by atoms with van der Waals surface area (Å²) in [4.78, 5) is 12.2. The van der Waals surface area contributed by atoms with Crippen molar-refractivity contribution in [1.82, 2.24) is 9.97 Å². The van der Waals surface area contributed by atoms with Gasteiger partial charge in [-0.15, -0.1) is 0 Å². The maximum atomic E-state index is 4.91. The monoisotopic (exact) mass is 274 g/mol. The number of anilines is 2. The molecule has 3 rings (SSSR count). The van der Waals surface area contributed by atoms with E-state index in [0.717, 1.165) is 31.2 Å². The molecular formula is C16H26N4. The maximum Gasteiger partial charge on any atom is 0.137 e. The van der Waals surface area contributed by atoms with Crippen LogP contribution in [-0.2, 0) is 0 Å². The molecule has 0 amide bonds. The molecule has 110 valence electrons. The first kappa shape index (κ1) is 13.7. The Morgan fingerprint density at radius 2 is 1.90 bits per heavy atom. The van der Waals surface area contributed by atoms with Crippen molar-refractivity contribution in [2.45, 2.75) is 64.8 Å². The van der Waals surface area contributed by atoms with Crippen molar-refractivity contribution in [3.05, 3.63) is 11.4 Å². The van der Waals surface area contributed by atoms with E-state index in [0.29, 0.717) is 12.0 Å². The van der Waals surface area contributed by atoms with Gasteiger partial charge in [-0.2, -0.15) is 0 Å². The first-order valence-corrected chi connectivity index (χ1v) is 8.13. The number of hydrogen-bond acceptors (Lipinski definition) is 4. The lowest BCUT2D eigenvalue weighted by molar-refractivity contribution is 0.783. The number of nitrogens with one attached hydrogen (secondary N) is 1. The van der Waals surface area contributed by atoms with Gasteiger partial charge in [0.2, 0.25) is 0 Å². The van der Waals surface area contributed by atoms with Gasteiger partial charge in [0.1, 0.15) is 17.5 Å². The molecule has 2 fully saturated rings. The second kappa shape index (κ2) is 5.58. The van der Waals surface area contributed by atoms with Gasteiger partial charge >= 0.3 is 0 Å². The average Bonchev–Trinajstić information content (AvgIpc) is 3.31. The molecule has 0 atom stereocenters. The molecule has 0 aromatic carbocycles. The van der Waals surface area contributed by atoms with Gasteiger partial charge in [0.25, 0.3) is 0 Å². The predicted octanol–water partition coefficient (Wildman–Crippen LogP) is 3.47. The highest BCUT2D eigenvalue weighted by molar-refractivity contribution is 5.60. The minimum absolute atomic E-state index is 0.606. The maximum absolute atomic E-state index is 4.91. The molecule has 0 radical (unpaired) electrons. The van der Waals surface area contributed by atoms with E-state index >= 15 is 0 Å². The zero-order valence-corrected chi connectivity index (χ0v) is 12.9. The highest BCUT2D eigenvalue weighted by Gasteiger charge is 2.33. The Hall–Kier alpha value is -1.32. The van der Waals surface area contributed by atoms with Crippen LogP contribution in [0.15, 0.2) is 0 Å². The van der Waals surface area contributed by atoms with Gasteiger partial charge in [-0.1, -0.05) is 6.92 Å². The van der Waals surface area contributed by atoms with Crippen LogP contribution in [0.4, 0.5) is 11.6 Å². The van der Waals surface area contributed by atoms with E-state index in [9.17, 15) is 0 Å². The lowest BCUT2D eigenvalue weighted by Gasteiger charge is -2.25. The SMILES string of the molecule is CCCNc1nc(C2CC2)nc(N(CC)C2CC2)c1C. The van der Waals surface area contributed by atoms with Crippen molar-refractivity contribution in [2.24, 2.45) is 0 Å². The lowest BCUT2D eigenvalue weighted by Crippen LogP contribution is -2.28. The Bertz CT molecular complexity index is 478. The first-order valence-electron chi connectivity index (χ1n) is 8.13. The Morgan fingerprint density at radius 3 is 2.45 bits per heavy atom. The zero-order chi connectivity index (χ0) is 14.1. The van der Waals surface area contributed by atoms with Crippen molar-refractivity contribution in [2.75, 3.05) is 23.3 Å². The number of nitrogens with zero attached hydrogens (tertiary/aromatic N) is 3. The molecule has 0 unspecified atom stereocenters. The Balaban J connectivity index is 1.94. The van der Waals surface area contributed by atoms with Crippen molar-refractivity contribution >= 4 is 11.6 Å². The fourth-order valence-corrected chi connectivity index (χ4v) is 2.71. The van der Waals surface area contributed by atoms with Gasteiger partial charge in [0.15, 0.2) is 0 Å². The molecule has 1 heterocycles. The molecule has 2 aliphatic rings. The third-order valence-electron chi connectivity index (χ3n) is 4.22. The third kappa shape index (κ3) is 2.74. The van der Waals surface area contributed by atoms with Gasteiger partial charge < -0.3 is 10.2 Å². The Kier molecular flexibility index (Phi) is 3.81. The van der Waals surface area contributed by atoms with Gasteiger partial charge in [0, 0.05) is 30.6 Å². The molecule has 2 saturated carbocycles. The van der Waals surface area contributed by atoms with Gasteiger partial charge in [-0.25, -0.2) is 9.97 Å². The molecule has 2 aliphatic carbocycles. The summed E-state index contributed by atoms with van der Waals surface area (Å²) in [6.45, 7) is 8.61. The summed E-state index contributed by atoms with van der Waals surface area (Å²) >= 11 is 0. The molecule has 4 heteroatoms. The van der Waals surface area contributed by atoms with Crippen LogP contribution in [0.25, 0.3) is 0 Å². The summed E-state index contributed by atoms with van der Waals surface area (Å²) in [6, 6.07) is 0.708. The van der Waals surface area contributed by atoms with E-state index in [4.69, 9.17) is 9.97 Å². The molecule has 1 N–H and O–H groups in total. The number of rotatable bonds is 7. The minimum Gasteiger partial charge on any atom is -0.370 e. The van der Waals surface area contributed by atoms with Crippen LogP contribution in [-0.4, -0.2) is 29.1 Å². The quantitative estimate of drug-likeness (QED) is 0.826. The molecule has 1 aromatic rings. The van der Waals surface area contributed by atoms with Crippen LogP contribution in [0.3, 0.4) is 0 Å². The fourth-order valence-electron chi connectivity index (χ4n) is 2.71. The lowest BCUT2D eigenvalue weighted by atomic mass is 10.2. The highest BCUT2D eigenvalue weighted by Crippen LogP contribution is 2.41. The zero-order valence-electron chi connectivity index (χ0n) is 12.9. The summed E-state index contributed by atoms with van der Waals surface area (Å²) in [6.07, 6.45) is 6.26. The minimum atomic E-state index is 0.606. The van der Waals surface area contributed by atoms with Crippen LogP contribution in [0.1, 0.15) is 63.3 Å². The average molecular weight is 274 g/mol. The van der Waals surface area contributed by atoms with E-state index in [-0.39, 0.29) is 0 Å². The van der Waals surface area contributed by atoms with E-state index in [1.54, 1.807) is 0 Å². The van der Waals surface area contributed by atoms with Crippen molar-refractivity contribution in [1.29, 1.82) is 0 Å². The second-order valence-corrected chi connectivity index (χ2v) is 6.10. The van der Waals surface area contributed by atoms with Crippen molar-refractivity contribution in [3.8, 4) is 0 Å². The van der Waals surface area contributed by atoms with Gasteiger partial charge in [-0.3, -0.25) is 0 Å². The van der Waals surface area contributed by atoms with Crippen LogP contribution < -0.4 is 10.2 Å². The molecule has 0 bridgehead atoms. The standard InChI is InChI=1S/C16H26N4/c1-4-10-17-14-11(3)16(20(5-2)13-8-9-13)19-15(18-14)12-6-7-12/h12-13H,4-10H2,1-3H3,(H,17,18,19). The molecule has 0 aliphatic heterocycles. The molecular weight excluding hydrogens is 248 g/mol. The molecule has 0 spiro atoms. The molecule has 4 nitrogen and oxygen atoms in total. The van der Waals surface area contributed by atoms with E-state index in [2.05, 4.69) is 31.0 Å². The topological polar surface area (TPSA) is 41.1 Å². The van der Waals surface area contributed by atoms with E-state index < -0.39 is 0 Å². The van der Waals surface area contributed by atoms with Crippen molar-refractivity contribution < 1.29 is 0 Å². The molecule has 1 aromatic heterocycles. The second-order valence-electron chi connectivity index (χ2n) is 6.10. The van der Waals surface area contributed by atoms with Crippen molar-refractivity contribution in [3.63, 3.8) is 0 Å². The molecule has 0 saturated heterocycles.